The van der Waals surface area contributed by atoms with Crippen molar-refractivity contribution in [1.82, 2.24) is 0 Å². The lowest BCUT2D eigenvalue weighted by Crippen LogP contribution is -2.49. The molecule has 6 atom stereocenters. The van der Waals surface area contributed by atoms with Gasteiger partial charge in [0.25, 0.3) is 0 Å². The van der Waals surface area contributed by atoms with E-state index < -0.39 is 0 Å². The van der Waals surface area contributed by atoms with Gasteiger partial charge in [-0.3, -0.25) is 9.59 Å². The molecule has 2 saturated carbocycles. The molecule has 0 amide bonds. The molecule has 0 radical (unpaired) electrons. The van der Waals surface area contributed by atoms with Crippen LogP contribution in [0.5, 0.6) is 5.75 Å². The predicted molar refractivity (Wildman–Crippen MR) is 97.1 cm³/mol. The maximum Gasteiger partial charge on any atom is 0.308 e. The Hall–Kier alpha value is -1.88. The molecule has 0 N–H and O–H groups in total. The monoisotopic (exact) mass is 370 g/mol. The fraction of sp³-hybridized carbons (Fsp3) is 0.636. The number of ether oxygens (including phenoxy) is 3. The highest BCUT2D eigenvalue weighted by molar-refractivity contribution is 5.69. The van der Waals surface area contributed by atoms with Gasteiger partial charge >= 0.3 is 11.9 Å². The number of fused-ring (bicyclic) bond motifs is 3. The number of aryl methyl sites for hydroxylation is 1. The van der Waals surface area contributed by atoms with Crippen molar-refractivity contribution < 1.29 is 23.8 Å². The second kappa shape index (κ2) is 5.57. The molecule has 5 heteroatoms. The van der Waals surface area contributed by atoms with Crippen LogP contribution in [0.2, 0.25) is 0 Å². The molecule has 3 aliphatic carbocycles. The van der Waals surface area contributed by atoms with Crippen molar-refractivity contribution in [2.45, 2.75) is 70.7 Å². The van der Waals surface area contributed by atoms with Crippen molar-refractivity contribution in [2.24, 2.45) is 17.3 Å². The summed E-state index contributed by atoms with van der Waals surface area (Å²) in [6.07, 6.45) is 5.24. The highest BCUT2D eigenvalue weighted by Gasteiger charge is 2.74. The van der Waals surface area contributed by atoms with Crippen molar-refractivity contribution in [3.63, 3.8) is 0 Å². The lowest BCUT2D eigenvalue weighted by Gasteiger charge is -2.47. The van der Waals surface area contributed by atoms with Crippen LogP contribution in [0.3, 0.4) is 0 Å². The van der Waals surface area contributed by atoms with E-state index in [1.54, 1.807) is 0 Å². The lowest BCUT2D eigenvalue weighted by atomic mass is 9.55. The first-order valence-corrected chi connectivity index (χ1v) is 10.0. The second-order valence-electron chi connectivity index (χ2n) is 8.95. The van der Waals surface area contributed by atoms with Crippen LogP contribution in [0, 0.1) is 17.3 Å². The van der Waals surface area contributed by atoms with E-state index in [4.69, 9.17) is 14.2 Å². The van der Waals surface area contributed by atoms with Crippen LogP contribution in [0.1, 0.15) is 57.6 Å². The molecule has 1 aromatic rings. The standard InChI is InChI=1S/C22H26O5/c1-12(23)25-15-5-7-16-14(10-15)4-6-18-17-8-9-19(26-13(2)24)21(17,3)11-20-22(16,18)27-20/h5,7,10,17-20H,4,6,8-9,11H2,1-3H3. The molecule has 4 aliphatic rings. The molecule has 3 fully saturated rings. The Balaban J connectivity index is 1.48. The van der Waals surface area contributed by atoms with Crippen LogP contribution < -0.4 is 4.74 Å². The molecule has 27 heavy (non-hydrogen) atoms. The van der Waals surface area contributed by atoms with E-state index >= 15 is 0 Å². The number of hydrogen-bond donors (Lipinski definition) is 0. The molecule has 0 bridgehead atoms. The third-order valence-electron chi connectivity index (χ3n) is 7.53. The molecular weight excluding hydrogens is 344 g/mol. The van der Waals surface area contributed by atoms with Gasteiger partial charge in [-0.25, -0.2) is 0 Å². The lowest BCUT2D eigenvalue weighted by molar-refractivity contribution is -0.154. The SMILES string of the molecule is CC(=O)Oc1ccc2c(c1)CCC1C3CCC(OC(C)=O)C3(C)CC3OC231. The van der Waals surface area contributed by atoms with E-state index in [1.165, 1.54) is 25.0 Å². The molecule has 0 aromatic heterocycles. The van der Waals surface area contributed by atoms with Crippen molar-refractivity contribution >= 4 is 11.9 Å². The minimum atomic E-state index is -0.293. The van der Waals surface area contributed by atoms with E-state index in [0.717, 1.165) is 32.1 Å². The summed E-state index contributed by atoms with van der Waals surface area (Å²) in [6, 6.07) is 5.99. The van der Waals surface area contributed by atoms with E-state index in [0.29, 0.717) is 17.6 Å². The first-order valence-electron chi connectivity index (χ1n) is 10.0. The van der Waals surface area contributed by atoms with Crippen LogP contribution in [0.4, 0.5) is 0 Å². The van der Waals surface area contributed by atoms with Gasteiger partial charge in [-0.2, -0.15) is 0 Å². The fourth-order valence-electron chi connectivity index (χ4n) is 6.54. The number of benzene rings is 1. The maximum absolute atomic E-state index is 11.6. The summed E-state index contributed by atoms with van der Waals surface area (Å²) in [7, 11) is 0. The quantitative estimate of drug-likeness (QED) is 0.453. The minimum absolute atomic E-state index is 0.00920. The van der Waals surface area contributed by atoms with Crippen LogP contribution in [-0.2, 0) is 31.1 Å². The van der Waals surface area contributed by atoms with E-state index in [9.17, 15) is 9.59 Å². The Morgan fingerprint density at radius 2 is 1.93 bits per heavy atom. The third-order valence-corrected chi connectivity index (χ3v) is 7.53. The number of esters is 2. The van der Waals surface area contributed by atoms with Crippen molar-refractivity contribution in [1.29, 1.82) is 0 Å². The zero-order valence-corrected chi connectivity index (χ0v) is 16.1. The third kappa shape index (κ3) is 2.33. The summed E-state index contributed by atoms with van der Waals surface area (Å²) >= 11 is 0. The smallest absolute Gasteiger partial charge is 0.308 e. The Bertz CT molecular complexity index is 832. The minimum Gasteiger partial charge on any atom is -0.462 e. The van der Waals surface area contributed by atoms with Crippen molar-refractivity contribution in [3.05, 3.63) is 29.3 Å². The summed E-state index contributed by atoms with van der Waals surface area (Å²) in [6.45, 7) is 5.23. The van der Waals surface area contributed by atoms with Crippen molar-refractivity contribution in [3.8, 4) is 5.75 Å². The number of hydrogen-bond acceptors (Lipinski definition) is 5. The molecule has 5 nitrogen and oxygen atoms in total. The zero-order chi connectivity index (χ0) is 19.0. The second-order valence-corrected chi connectivity index (χ2v) is 8.95. The molecule has 144 valence electrons. The Morgan fingerprint density at radius 3 is 2.67 bits per heavy atom. The topological polar surface area (TPSA) is 65.1 Å². The molecular formula is C22H26O5. The summed E-state index contributed by atoms with van der Waals surface area (Å²) < 4.78 is 17.4. The number of epoxide rings is 1. The number of carbonyl (C=O) groups is 2. The van der Waals surface area contributed by atoms with Gasteiger partial charge < -0.3 is 14.2 Å². The van der Waals surface area contributed by atoms with Gasteiger partial charge in [0.15, 0.2) is 0 Å². The van der Waals surface area contributed by atoms with E-state index in [2.05, 4.69) is 13.0 Å². The van der Waals surface area contributed by atoms with Gasteiger partial charge in [-0.15, -0.1) is 0 Å². The largest absolute Gasteiger partial charge is 0.462 e. The first kappa shape index (κ1) is 17.2. The van der Waals surface area contributed by atoms with Gasteiger partial charge in [0.05, 0.1) is 6.10 Å². The molecule has 1 saturated heterocycles. The molecule has 1 aliphatic heterocycles. The van der Waals surface area contributed by atoms with Crippen LogP contribution >= 0.6 is 0 Å². The fourth-order valence-corrected chi connectivity index (χ4v) is 6.54. The zero-order valence-electron chi connectivity index (χ0n) is 16.1. The van der Waals surface area contributed by atoms with Crippen LogP contribution in [0.25, 0.3) is 0 Å². The Kier molecular flexibility index (Phi) is 3.55. The van der Waals surface area contributed by atoms with Crippen LogP contribution in [-0.4, -0.2) is 24.1 Å². The molecule has 1 spiro atoms. The van der Waals surface area contributed by atoms with E-state index in [1.807, 2.05) is 12.1 Å². The first-order chi connectivity index (χ1) is 12.8. The van der Waals surface area contributed by atoms with Gasteiger partial charge in [0.2, 0.25) is 0 Å². The van der Waals surface area contributed by atoms with Crippen LogP contribution in [0.15, 0.2) is 18.2 Å². The number of rotatable bonds is 2. The van der Waals surface area contributed by atoms with Gasteiger partial charge in [0.1, 0.15) is 17.5 Å². The molecule has 6 unspecified atom stereocenters. The van der Waals surface area contributed by atoms with E-state index in [-0.39, 0.29) is 35.2 Å². The summed E-state index contributed by atoms with van der Waals surface area (Å²) in [5, 5.41) is 0. The highest BCUT2D eigenvalue weighted by atomic mass is 16.6. The molecule has 1 aromatic carbocycles. The average Bonchev–Trinajstić information content (AvgIpc) is 3.20. The van der Waals surface area contributed by atoms with Gasteiger partial charge in [0, 0.05) is 19.3 Å². The molecule has 5 rings (SSSR count). The summed E-state index contributed by atoms with van der Waals surface area (Å²) in [4.78, 5) is 22.8. The summed E-state index contributed by atoms with van der Waals surface area (Å²) in [5.41, 5.74) is 2.34. The number of carbonyl (C=O) groups excluding carboxylic acids is 2. The summed E-state index contributed by atoms with van der Waals surface area (Å²) in [5.74, 6) is 1.13. The molecule has 1 heterocycles. The maximum atomic E-state index is 11.6. The average molecular weight is 370 g/mol. The Labute approximate surface area is 159 Å². The highest BCUT2D eigenvalue weighted by Crippen LogP contribution is 2.71. The Morgan fingerprint density at radius 1 is 1.11 bits per heavy atom. The van der Waals surface area contributed by atoms with Gasteiger partial charge in [-0.05, 0) is 67.2 Å². The van der Waals surface area contributed by atoms with Gasteiger partial charge in [-0.1, -0.05) is 13.0 Å². The normalized spacial score (nSPS) is 40.9. The predicted octanol–water partition coefficient (Wildman–Crippen LogP) is 3.52. The van der Waals surface area contributed by atoms with Crippen molar-refractivity contribution in [2.75, 3.05) is 0 Å².